The van der Waals surface area contributed by atoms with Crippen molar-refractivity contribution in [2.45, 2.75) is 25.4 Å². The molecule has 0 spiro atoms. The molecule has 1 aliphatic carbocycles. The van der Waals surface area contributed by atoms with Crippen molar-refractivity contribution in [1.29, 1.82) is 0 Å². The minimum Gasteiger partial charge on any atom is -0.497 e. The van der Waals surface area contributed by atoms with Gasteiger partial charge in [-0.15, -0.1) is 11.3 Å². The minimum atomic E-state index is 0.0271. The number of nitrogens with zero attached hydrogens (tertiary/aromatic N) is 3. The first-order chi connectivity index (χ1) is 12.2. The van der Waals surface area contributed by atoms with E-state index in [0.717, 1.165) is 39.9 Å². The number of carbonyl (C=O) groups is 1. The molecule has 0 bridgehead atoms. The first-order valence-electron chi connectivity index (χ1n) is 8.14. The third-order valence-corrected chi connectivity index (χ3v) is 5.06. The highest BCUT2D eigenvalue weighted by Gasteiger charge is 2.23. The number of methoxy groups -OCH3 is 1. The highest BCUT2D eigenvalue weighted by molar-refractivity contribution is 7.18. The van der Waals surface area contributed by atoms with E-state index in [4.69, 9.17) is 4.74 Å². The maximum absolute atomic E-state index is 12.1. The van der Waals surface area contributed by atoms with Gasteiger partial charge in [-0.1, -0.05) is 12.1 Å². The van der Waals surface area contributed by atoms with Crippen LogP contribution in [0.1, 0.15) is 12.8 Å². The largest absolute Gasteiger partial charge is 0.497 e. The van der Waals surface area contributed by atoms with Crippen molar-refractivity contribution in [3.63, 3.8) is 0 Å². The highest BCUT2D eigenvalue weighted by Crippen LogP contribution is 2.32. The van der Waals surface area contributed by atoms with E-state index in [1.54, 1.807) is 30.8 Å². The number of imidazole rings is 1. The number of ether oxygens (including phenoxy) is 1. The Balaban J connectivity index is 1.55. The second kappa shape index (κ2) is 6.68. The van der Waals surface area contributed by atoms with Gasteiger partial charge in [-0.05, 0) is 25.0 Å². The van der Waals surface area contributed by atoms with Gasteiger partial charge in [0.05, 0.1) is 12.0 Å². The van der Waals surface area contributed by atoms with Gasteiger partial charge in [-0.25, -0.2) is 9.97 Å². The number of benzene rings is 1. The molecule has 2 heterocycles. The Bertz CT molecular complexity index is 898. The van der Waals surface area contributed by atoms with E-state index in [2.05, 4.69) is 15.3 Å². The zero-order valence-electron chi connectivity index (χ0n) is 13.8. The van der Waals surface area contributed by atoms with Crippen LogP contribution >= 0.6 is 11.3 Å². The average Bonchev–Trinajstić information content (AvgIpc) is 3.11. The predicted molar refractivity (Wildman–Crippen MR) is 96.5 cm³/mol. The summed E-state index contributed by atoms with van der Waals surface area (Å²) in [7, 11) is 1.65. The molecule has 0 atom stereocenters. The number of thiazole rings is 1. The number of nitrogens with one attached hydrogen (secondary N) is 1. The molecule has 1 fully saturated rings. The average molecular weight is 354 g/mol. The number of aromatic nitrogens is 3. The molecule has 7 heteroatoms. The molecule has 1 aliphatic rings. The van der Waals surface area contributed by atoms with Gasteiger partial charge in [0.15, 0.2) is 5.82 Å². The van der Waals surface area contributed by atoms with E-state index in [1.165, 1.54) is 0 Å². The standard InChI is InChI=1S/C18H18N4O2S/c1-24-14-4-2-3-12(9-14)18-20-10-15(25-18)17-19-7-8-22(17)11-16(23)21-13-5-6-13/h2-4,7-10,13H,5-6,11H2,1H3,(H,21,23). The summed E-state index contributed by atoms with van der Waals surface area (Å²) in [5.74, 6) is 1.59. The van der Waals surface area contributed by atoms with Gasteiger partial charge < -0.3 is 14.6 Å². The van der Waals surface area contributed by atoms with Gasteiger partial charge in [0, 0.05) is 30.2 Å². The van der Waals surface area contributed by atoms with Crippen molar-refractivity contribution < 1.29 is 9.53 Å². The summed E-state index contributed by atoms with van der Waals surface area (Å²) in [6.07, 6.45) is 7.51. The quantitative estimate of drug-likeness (QED) is 0.739. The molecule has 0 aliphatic heterocycles. The molecule has 1 saturated carbocycles. The van der Waals surface area contributed by atoms with Crippen LogP contribution in [-0.4, -0.2) is 33.6 Å². The molecular weight excluding hydrogens is 336 g/mol. The molecular formula is C18H18N4O2S. The maximum atomic E-state index is 12.1. The zero-order valence-corrected chi connectivity index (χ0v) is 14.6. The van der Waals surface area contributed by atoms with Gasteiger partial charge in [0.1, 0.15) is 17.3 Å². The highest BCUT2D eigenvalue weighted by atomic mass is 32.1. The fourth-order valence-corrected chi connectivity index (χ4v) is 3.51. The summed E-state index contributed by atoms with van der Waals surface area (Å²) >= 11 is 1.55. The molecule has 3 aromatic rings. The Morgan fingerprint density at radius 1 is 1.40 bits per heavy atom. The van der Waals surface area contributed by atoms with Gasteiger partial charge in [0.25, 0.3) is 0 Å². The van der Waals surface area contributed by atoms with Crippen LogP contribution in [0.15, 0.2) is 42.9 Å². The fourth-order valence-electron chi connectivity index (χ4n) is 2.58. The van der Waals surface area contributed by atoms with E-state index >= 15 is 0 Å². The van der Waals surface area contributed by atoms with Crippen LogP contribution in [0.3, 0.4) is 0 Å². The Morgan fingerprint density at radius 3 is 3.08 bits per heavy atom. The Hall–Kier alpha value is -2.67. The SMILES string of the molecule is COc1cccc(-c2ncc(-c3nccn3CC(=O)NC3CC3)s2)c1. The van der Waals surface area contributed by atoms with Crippen molar-refractivity contribution in [2.24, 2.45) is 0 Å². The molecule has 6 nitrogen and oxygen atoms in total. The third kappa shape index (κ3) is 3.56. The summed E-state index contributed by atoms with van der Waals surface area (Å²) in [6, 6.07) is 8.17. The van der Waals surface area contributed by atoms with Crippen molar-refractivity contribution >= 4 is 17.2 Å². The van der Waals surface area contributed by atoms with Crippen LogP contribution in [0, 0.1) is 0 Å². The van der Waals surface area contributed by atoms with Gasteiger partial charge >= 0.3 is 0 Å². The van der Waals surface area contributed by atoms with E-state index in [0.29, 0.717) is 6.04 Å². The zero-order chi connectivity index (χ0) is 17.2. The van der Waals surface area contributed by atoms with E-state index < -0.39 is 0 Å². The molecule has 1 amide bonds. The van der Waals surface area contributed by atoms with Crippen LogP contribution < -0.4 is 10.1 Å². The van der Waals surface area contributed by atoms with Crippen LogP contribution in [0.25, 0.3) is 21.3 Å². The Kier molecular flexibility index (Phi) is 4.23. The Morgan fingerprint density at radius 2 is 2.28 bits per heavy atom. The predicted octanol–water partition coefficient (Wildman–Crippen LogP) is 2.96. The lowest BCUT2D eigenvalue weighted by Gasteiger charge is -2.06. The van der Waals surface area contributed by atoms with Crippen molar-refractivity contribution in [3.05, 3.63) is 42.9 Å². The van der Waals surface area contributed by atoms with Crippen LogP contribution in [0.4, 0.5) is 0 Å². The Labute approximate surface area is 149 Å². The lowest BCUT2D eigenvalue weighted by molar-refractivity contribution is -0.121. The second-order valence-corrected chi connectivity index (χ2v) is 7.01. The summed E-state index contributed by atoms with van der Waals surface area (Å²) < 4.78 is 7.13. The van der Waals surface area contributed by atoms with Gasteiger partial charge in [0.2, 0.25) is 5.91 Å². The molecule has 128 valence electrons. The van der Waals surface area contributed by atoms with Crippen LogP contribution in [-0.2, 0) is 11.3 Å². The lowest BCUT2D eigenvalue weighted by Crippen LogP contribution is -2.29. The number of hydrogen-bond donors (Lipinski definition) is 1. The fraction of sp³-hybridized carbons (Fsp3) is 0.278. The van der Waals surface area contributed by atoms with Crippen LogP contribution in [0.2, 0.25) is 0 Å². The monoisotopic (exact) mass is 354 g/mol. The molecule has 0 saturated heterocycles. The second-order valence-electron chi connectivity index (χ2n) is 5.98. The number of rotatable bonds is 6. The summed E-state index contributed by atoms with van der Waals surface area (Å²) in [5, 5.41) is 3.90. The first kappa shape index (κ1) is 15.8. The van der Waals surface area contributed by atoms with Crippen molar-refractivity contribution in [3.8, 4) is 27.0 Å². The van der Waals surface area contributed by atoms with E-state index in [9.17, 15) is 4.79 Å². The van der Waals surface area contributed by atoms with Gasteiger partial charge in [-0.3, -0.25) is 4.79 Å². The minimum absolute atomic E-state index is 0.0271. The molecule has 2 aromatic heterocycles. The summed E-state index contributed by atoms with van der Waals surface area (Å²) in [4.78, 5) is 21.9. The number of amides is 1. The first-order valence-corrected chi connectivity index (χ1v) is 8.95. The van der Waals surface area contributed by atoms with Gasteiger partial charge in [-0.2, -0.15) is 0 Å². The van der Waals surface area contributed by atoms with E-state index in [1.807, 2.05) is 35.0 Å². The molecule has 0 unspecified atom stereocenters. The van der Waals surface area contributed by atoms with Crippen molar-refractivity contribution in [1.82, 2.24) is 19.9 Å². The molecule has 1 aromatic carbocycles. The molecule has 25 heavy (non-hydrogen) atoms. The maximum Gasteiger partial charge on any atom is 0.240 e. The smallest absolute Gasteiger partial charge is 0.240 e. The molecule has 1 N–H and O–H groups in total. The molecule has 0 radical (unpaired) electrons. The summed E-state index contributed by atoms with van der Waals surface area (Å²) in [6.45, 7) is 0.276. The molecule has 4 rings (SSSR count). The van der Waals surface area contributed by atoms with Crippen LogP contribution in [0.5, 0.6) is 5.75 Å². The normalized spacial score (nSPS) is 13.6. The number of hydrogen-bond acceptors (Lipinski definition) is 5. The van der Waals surface area contributed by atoms with Crippen molar-refractivity contribution in [2.75, 3.05) is 7.11 Å². The lowest BCUT2D eigenvalue weighted by atomic mass is 10.2. The van der Waals surface area contributed by atoms with E-state index in [-0.39, 0.29) is 12.5 Å². The third-order valence-electron chi connectivity index (χ3n) is 4.01. The number of carbonyl (C=O) groups excluding carboxylic acids is 1. The summed E-state index contributed by atoms with van der Waals surface area (Å²) in [5.41, 5.74) is 1.00. The topological polar surface area (TPSA) is 69.0 Å².